The first-order valence-corrected chi connectivity index (χ1v) is 6.28. The zero-order valence-corrected chi connectivity index (χ0v) is 10.9. The summed E-state index contributed by atoms with van der Waals surface area (Å²) in [6.07, 6.45) is 0.257. The number of hydrogen-bond donors (Lipinski definition) is 1. The van der Waals surface area contributed by atoms with E-state index < -0.39 is 5.82 Å². The van der Waals surface area contributed by atoms with Crippen molar-refractivity contribution >= 4 is 17.4 Å². The number of carbonyl (C=O) groups excluding carboxylic acids is 2. The van der Waals surface area contributed by atoms with Crippen molar-refractivity contribution in [1.29, 1.82) is 0 Å². The van der Waals surface area contributed by atoms with E-state index in [0.29, 0.717) is 5.56 Å². The van der Waals surface area contributed by atoms with Crippen LogP contribution in [0.15, 0.2) is 36.4 Å². The third-order valence-corrected chi connectivity index (χ3v) is 3.36. The molecule has 1 heterocycles. The van der Waals surface area contributed by atoms with Crippen LogP contribution in [0.5, 0.6) is 0 Å². The molecule has 1 amide bonds. The summed E-state index contributed by atoms with van der Waals surface area (Å²) in [7, 11) is 0. The highest BCUT2D eigenvalue weighted by Gasteiger charge is 2.20. The molecule has 0 unspecified atom stereocenters. The number of anilines is 1. The molecule has 2 aromatic rings. The summed E-state index contributed by atoms with van der Waals surface area (Å²) >= 11 is 0. The summed E-state index contributed by atoms with van der Waals surface area (Å²) in [4.78, 5) is 23.6. The summed E-state index contributed by atoms with van der Waals surface area (Å²) in [5, 5.41) is 2.70. The number of amides is 1. The number of hydrogen-bond acceptors (Lipinski definition) is 2. The van der Waals surface area contributed by atoms with E-state index in [9.17, 15) is 14.0 Å². The molecule has 1 aliphatic rings. The van der Waals surface area contributed by atoms with Gasteiger partial charge in [-0.1, -0.05) is 6.07 Å². The van der Waals surface area contributed by atoms with Crippen molar-refractivity contribution in [3.8, 4) is 0 Å². The molecule has 0 radical (unpaired) electrons. The first-order valence-electron chi connectivity index (χ1n) is 6.28. The van der Waals surface area contributed by atoms with Crippen molar-refractivity contribution in [2.24, 2.45) is 0 Å². The van der Waals surface area contributed by atoms with Crippen LogP contribution in [-0.2, 0) is 11.2 Å². The Morgan fingerprint density at radius 1 is 1.20 bits per heavy atom. The van der Waals surface area contributed by atoms with Gasteiger partial charge in [-0.15, -0.1) is 0 Å². The van der Waals surface area contributed by atoms with Crippen LogP contribution in [0.25, 0.3) is 0 Å². The Morgan fingerprint density at radius 3 is 2.75 bits per heavy atom. The smallest absolute Gasteiger partial charge is 0.228 e. The first-order chi connectivity index (χ1) is 9.54. The summed E-state index contributed by atoms with van der Waals surface area (Å²) < 4.78 is 13.8. The number of aryl methyl sites for hydroxylation is 1. The Bertz CT molecular complexity index is 737. The van der Waals surface area contributed by atoms with Gasteiger partial charge in [0.2, 0.25) is 5.91 Å². The van der Waals surface area contributed by atoms with Gasteiger partial charge in [-0.3, -0.25) is 9.59 Å². The summed E-state index contributed by atoms with van der Waals surface area (Å²) in [6, 6.07) is 9.46. The highest BCUT2D eigenvalue weighted by molar-refractivity contribution is 6.10. The minimum atomic E-state index is -0.523. The first kappa shape index (κ1) is 12.5. The maximum absolute atomic E-state index is 13.8. The summed E-state index contributed by atoms with van der Waals surface area (Å²) in [5.41, 5.74) is 2.70. The van der Waals surface area contributed by atoms with Gasteiger partial charge < -0.3 is 5.32 Å². The van der Waals surface area contributed by atoms with Crippen molar-refractivity contribution in [3.63, 3.8) is 0 Å². The van der Waals surface area contributed by atoms with Gasteiger partial charge in [0.25, 0.3) is 0 Å². The van der Waals surface area contributed by atoms with Crippen LogP contribution >= 0.6 is 0 Å². The molecule has 0 fully saturated rings. The molecule has 2 aromatic carbocycles. The van der Waals surface area contributed by atoms with Gasteiger partial charge in [-0.25, -0.2) is 4.39 Å². The molecule has 0 aromatic heterocycles. The standard InChI is InChI=1S/C16H12FNO2/c1-9-2-4-12(13(17)6-9)16(20)10-3-5-14-11(7-10)8-15(19)18-14/h2-7H,8H2,1H3,(H,18,19). The zero-order chi connectivity index (χ0) is 14.3. The molecule has 3 nitrogen and oxygen atoms in total. The molecule has 0 spiro atoms. The Labute approximate surface area is 115 Å². The molecule has 0 saturated carbocycles. The molecule has 0 saturated heterocycles. The molecule has 100 valence electrons. The monoisotopic (exact) mass is 269 g/mol. The Balaban J connectivity index is 1.99. The van der Waals surface area contributed by atoms with Crippen LogP contribution < -0.4 is 5.32 Å². The molecule has 0 aliphatic carbocycles. The Hall–Kier alpha value is -2.49. The molecule has 1 N–H and O–H groups in total. The molecule has 0 atom stereocenters. The lowest BCUT2D eigenvalue weighted by Crippen LogP contribution is -2.05. The van der Waals surface area contributed by atoms with Crippen LogP contribution in [0.4, 0.5) is 10.1 Å². The molecular weight excluding hydrogens is 257 g/mol. The second-order valence-corrected chi connectivity index (χ2v) is 4.91. The van der Waals surface area contributed by atoms with Crippen molar-refractivity contribution in [3.05, 3.63) is 64.5 Å². The molecule has 20 heavy (non-hydrogen) atoms. The number of fused-ring (bicyclic) bond motifs is 1. The van der Waals surface area contributed by atoms with Crippen LogP contribution in [0, 0.1) is 12.7 Å². The Morgan fingerprint density at radius 2 is 2.00 bits per heavy atom. The van der Waals surface area contributed by atoms with E-state index in [1.54, 1.807) is 31.2 Å². The molecular formula is C16H12FNO2. The average molecular weight is 269 g/mol. The van der Waals surface area contributed by atoms with Gasteiger partial charge in [0, 0.05) is 11.3 Å². The van der Waals surface area contributed by atoms with Crippen molar-refractivity contribution in [2.45, 2.75) is 13.3 Å². The second-order valence-electron chi connectivity index (χ2n) is 4.91. The SMILES string of the molecule is Cc1ccc(C(=O)c2ccc3c(c2)CC(=O)N3)c(F)c1. The summed E-state index contributed by atoms with van der Waals surface area (Å²) in [6.45, 7) is 1.77. The lowest BCUT2D eigenvalue weighted by Gasteiger charge is -2.05. The largest absolute Gasteiger partial charge is 0.326 e. The minimum absolute atomic E-state index is 0.0489. The van der Waals surface area contributed by atoms with Crippen molar-refractivity contribution in [2.75, 3.05) is 5.32 Å². The normalized spacial score (nSPS) is 13.0. The number of benzene rings is 2. The number of ketones is 1. The quantitative estimate of drug-likeness (QED) is 0.852. The number of carbonyl (C=O) groups is 2. The van der Waals surface area contributed by atoms with Crippen molar-refractivity contribution < 1.29 is 14.0 Å². The van der Waals surface area contributed by atoms with E-state index in [0.717, 1.165) is 16.8 Å². The van der Waals surface area contributed by atoms with Gasteiger partial charge in [0.15, 0.2) is 5.78 Å². The lowest BCUT2D eigenvalue weighted by molar-refractivity contribution is -0.115. The fourth-order valence-corrected chi connectivity index (χ4v) is 2.33. The van der Waals surface area contributed by atoms with Crippen LogP contribution in [0.3, 0.4) is 0 Å². The van der Waals surface area contributed by atoms with Crippen molar-refractivity contribution in [1.82, 2.24) is 0 Å². The minimum Gasteiger partial charge on any atom is -0.326 e. The van der Waals surface area contributed by atoms with Crippen LogP contribution in [-0.4, -0.2) is 11.7 Å². The van der Waals surface area contributed by atoms with Gasteiger partial charge >= 0.3 is 0 Å². The molecule has 3 rings (SSSR count). The number of halogens is 1. The third kappa shape index (κ3) is 2.09. The fourth-order valence-electron chi connectivity index (χ4n) is 2.33. The highest BCUT2D eigenvalue weighted by Crippen LogP contribution is 2.25. The maximum atomic E-state index is 13.8. The predicted octanol–water partition coefficient (Wildman–Crippen LogP) is 2.86. The number of rotatable bonds is 2. The van der Waals surface area contributed by atoms with E-state index in [-0.39, 0.29) is 23.7 Å². The van der Waals surface area contributed by atoms with Gasteiger partial charge in [0.05, 0.1) is 12.0 Å². The third-order valence-electron chi connectivity index (χ3n) is 3.36. The lowest BCUT2D eigenvalue weighted by atomic mass is 9.99. The Kier molecular flexibility index (Phi) is 2.86. The van der Waals surface area contributed by atoms with Gasteiger partial charge in [-0.2, -0.15) is 0 Å². The fraction of sp³-hybridized carbons (Fsp3) is 0.125. The van der Waals surface area contributed by atoms with E-state index >= 15 is 0 Å². The van der Waals surface area contributed by atoms with E-state index in [2.05, 4.69) is 5.32 Å². The van der Waals surface area contributed by atoms with Crippen LogP contribution in [0.1, 0.15) is 27.0 Å². The maximum Gasteiger partial charge on any atom is 0.228 e. The number of nitrogens with one attached hydrogen (secondary N) is 1. The molecule has 1 aliphatic heterocycles. The van der Waals surface area contributed by atoms with Gasteiger partial charge in [0.1, 0.15) is 5.82 Å². The van der Waals surface area contributed by atoms with E-state index in [1.165, 1.54) is 12.1 Å². The van der Waals surface area contributed by atoms with E-state index in [1.807, 2.05) is 0 Å². The topological polar surface area (TPSA) is 46.2 Å². The van der Waals surface area contributed by atoms with Crippen LogP contribution in [0.2, 0.25) is 0 Å². The molecule has 0 bridgehead atoms. The highest BCUT2D eigenvalue weighted by atomic mass is 19.1. The summed E-state index contributed by atoms with van der Waals surface area (Å²) in [5.74, 6) is -0.986. The zero-order valence-electron chi connectivity index (χ0n) is 10.9. The predicted molar refractivity (Wildman–Crippen MR) is 73.3 cm³/mol. The van der Waals surface area contributed by atoms with Gasteiger partial charge in [-0.05, 0) is 48.4 Å². The molecule has 4 heteroatoms. The van der Waals surface area contributed by atoms with E-state index in [4.69, 9.17) is 0 Å². The average Bonchev–Trinajstić information content (AvgIpc) is 2.77. The second kappa shape index (κ2) is 4.56.